The molecule has 0 fully saturated rings. The second kappa shape index (κ2) is 8.16. The standard InChI is InChI=1S/C20H23N5O3/c1-12(2)11-16(20(27)28-4)22-19(26)18-13(3)25(24-23-18)17-9-5-8-15-14(17)7-6-10-21-15/h5-10,12,16H,11H2,1-4H3,(H,22,26). The molecule has 1 unspecified atom stereocenters. The average molecular weight is 381 g/mol. The smallest absolute Gasteiger partial charge is 0.328 e. The Bertz CT molecular complexity index is 1010. The lowest BCUT2D eigenvalue weighted by atomic mass is 10.0. The molecule has 0 aliphatic heterocycles. The number of nitrogens with one attached hydrogen (secondary N) is 1. The fourth-order valence-corrected chi connectivity index (χ4v) is 3.09. The van der Waals surface area contributed by atoms with Gasteiger partial charge in [0.05, 0.1) is 24.0 Å². The Balaban J connectivity index is 1.92. The summed E-state index contributed by atoms with van der Waals surface area (Å²) in [6.07, 6.45) is 2.20. The van der Waals surface area contributed by atoms with E-state index in [9.17, 15) is 9.59 Å². The molecule has 1 N–H and O–H groups in total. The van der Waals surface area contributed by atoms with Gasteiger partial charge in [0.25, 0.3) is 5.91 Å². The largest absolute Gasteiger partial charge is 0.467 e. The Morgan fingerprint density at radius 3 is 2.71 bits per heavy atom. The van der Waals surface area contributed by atoms with Gasteiger partial charge in [-0.1, -0.05) is 25.1 Å². The Hall–Kier alpha value is -3.29. The summed E-state index contributed by atoms with van der Waals surface area (Å²) < 4.78 is 6.41. The highest BCUT2D eigenvalue weighted by Gasteiger charge is 2.26. The molecule has 1 aromatic carbocycles. The quantitative estimate of drug-likeness (QED) is 0.659. The summed E-state index contributed by atoms with van der Waals surface area (Å²) >= 11 is 0. The number of hydrogen-bond acceptors (Lipinski definition) is 6. The molecule has 0 aliphatic rings. The van der Waals surface area contributed by atoms with Gasteiger partial charge >= 0.3 is 5.97 Å². The zero-order valence-electron chi connectivity index (χ0n) is 16.3. The van der Waals surface area contributed by atoms with Crippen LogP contribution in [0.4, 0.5) is 0 Å². The van der Waals surface area contributed by atoms with Crippen molar-refractivity contribution in [2.45, 2.75) is 33.2 Å². The molecule has 28 heavy (non-hydrogen) atoms. The van der Waals surface area contributed by atoms with Crippen LogP contribution in [0.15, 0.2) is 36.5 Å². The summed E-state index contributed by atoms with van der Waals surface area (Å²) in [6, 6.07) is 8.73. The molecule has 2 aromatic heterocycles. The van der Waals surface area contributed by atoms with Crippen LogP contribution in [-0.4, -0.2) is 45.0 Å². The number of nitrogens with zero attached hydrogens (tertiary/aromatic N) is 4. The number of amides is 1. The van der Waals surface area contributed by atoms with E-state index in [4.69, 9.17) is 4.74 Å². The molecule has 0 saturated heterocycles. The van der Waals surface area contributed by atoms with Crippen molar-refractivity contribution in [3.8, 4) is 5.69 Å². The summed E-state index contributed by atoms with van der Waals surface area (Å²) in [7, 11) is 1.30. The van der Waals surface area contributed by atoms with E-state index in [1.807, 2.05) is 44.2 Å². The highest BCUT2D eigenvalue weighted by Crippen LogP contribution is 2.22. The average Bonchev–Trinajstić information content (AvgIpc) is 3.07. The van der Waals surface area contributed by atoms with E-state index in [1.54, 1.807) is 17.8 Å². The molecular formula is C20H23N5O3. The van der Waals surface area contributed by atoms with Crippen LogP contribution in [0.25, 0.3) is 16.6 Å². The Kier molecular flexibility index (Phi) is 5.67. The van der Waals surface area contributed by atoms with E-state index in [0.29, 0.717) is 12.1 Å². The van der Waals surface area contributed by atoms with Gasteiger partial charge in [0.15, 0.2) is 5.69 Å². The first-order valence-corrected chi connectivity index (χ1v) is 9.07. The number of hydrogen-bond donors (Lipinski definition) is 1. The van der Waals surface area contributed by atoms with Crippen LogP contribution in [0, 0.1) is 12.8 Å². The monoisotopic (exact) mass is 381 g/mol. The minimum atomic E-state index is -0.733. The number of esters is 1. The van der Waals surface area contributed by atoms with E-state index in [-0.39, 0.29) is 11.6 Å². The lowest BCUT2D eigenvalue weighted by molar-refractivity contribution is -0.143. The van der Waals surface area contributed by atoms with Crippen LogP contribution in [-0.2, 0) is 9.53 Å². The second-order valence-electron chi connectivity index (χ2n) is 6.96. The number of methoxy groups -OCH3 is 1. The molecule has 8 heteroatoms. The second-order valence-corrected chi connectivity index (χ2v) is 6.96. The van der Waals surface area contributed by atoms with E-state index in [2.05, 4.69) is 20.6 Å². The maximum atomic E-state index is 12.7. The topological polar surface area (TPSA) is 99.0 Å². The van der Waals surface area contributed by atoms with Crippen LogP contribution >= 0.6 is 0 Å². The molecule has 0 spiro atoms. The van der Waals surface area contributed by atoms with E-state index >= 15 is 0 Å². The zero-order chi connectivity index (χ0) is 20.3. The molecule has 3 rings (SSSR count). The number of carbonyl (C=O) groups excluding carboxylic acids is 2. The summed E-state index contributed by atoms with van der Waals surface area (Å²) in [6.45, 7) is 5.70. The predicted molar refractivity (Wildman–Crippen MR) is 104 cm³/mol. The van der Waals surface area contributed by atoms with Gasteiger partial charge in [-0.25, -0.2) is 9.48 Å². The third-order valence-electron chi connectivity index (χ3n) is 4.46. The molecule has 2 heterocycles. The van der Waals surface area contributed by atoms with Crippen molar-refractivity contribution in [3.05, 3.63) is 47.9 Å². The third kappa shape index (κ3) is 3.85. The fraction of sp³-hybridized carbons (Fsp3) is 0.350. The number of carbonyl (C=O) groups is 2. The number of pyridine rings is 1. The summed E-state index contributed by atoms with van der Waals surface area (Å²) in [5.74, 6) is -0.727. The Morgan fingerprint density at radius 1 is 1.21 bits per heavy atom. The first-order valence-electron chi connectivity index (χ1n) is 9.07. The molecule has 8 nitrogen and oxygen atoms in total. The van der Waals surface area contributed by atoms with Gasteiger partial charge in [0.1, 0.15) is 6.04 Å². The van der Waals surface area contributed by atoms with Crippen molar-refractivity contribution in [1.82, 2.24) is 25.3 Å². The van der Waals surface area contributed by atoms with Gasteiger partial charge in [0, 0.05) is 11.6 Å². The van der Waals surface area contributed by atoms with E-state index in [0.717, 1.165) is 16.6 Å². The van der Waals surface area contributed by atoms with Crippen LogP contribution in [0.3, 0.4) is 0 Å². The number of aromatic nitrogens is 4. The van der Waals surface area contributed by atoms with Gasteiger partial charge in [-0.05, 0) is 43.5 Å². The maximum absolute atomic E-state index is 12.7. The molecule has 0 bridgehead atoms. The van der Waals surface area contributed by atoms with Crippen molar-refractivity contribution < 1.29 is 14.3 Å². The van der Waals surface area contributed by atoms with Crippen LogP contribution < -0.4 is 5.32 Å². The van der Waals surface area contributed by atoms with Gasteiger partial charge in [-0.2, -0.15) is 0 Å². The number of benzene rings is 1. The molecule has 0 aliphatic carbocycles. The van der Waals surface area contributed by atoms with Crippen molar-refractivity contribution in [3.63, 3.8) is 0 Å². The molecule has 1 atom stereocenters. The van der Waals surface area contributed by atoms with Crippen LogP contribution in [0.5, 0.6) is 0 Å². The minimum absolute atomic E-state index is 0.165. The summed E-state index contributed by atoms with van der Waals surface area (Å²) in [4.78, 5) is 29.1. The van der Waals surface area contributed by atoms with Crippen molar-refractivity contribution >= 4 is 22.8 Å². The van der Waals surface area contributed by atoms with E-state index < -0.39 is 17.9 Å². The predicted octanol–water partition coefficient (Wildman–Crippen LogP) is 2.44. The number of fused-ring (bicyclic) bond motifs is 1. The molecule has 1 amide bonds. The molecule has 3 aromatic rings. The summed E-state index contributed by atoms with van der Waals surface area (Å²) in [5.41, 5.74) is 2.34. The van der Waals surface area contributed by atoms with Gasteiger partial charge in [-0.15, -0.1) is 5.10 Å². The van der Waals surface area contributed by atoms with Gasteiger partial charge in [-0.3, -0.25) is 9.78 Å². The zero-order valence-corrected chi connectivity index (χ0v) is 16.3. The molecular weight excluding hydrogens is 358 g/mol. The third-order valence-corrected chi connectivity index (χ3v) is 4.46. The maximum Gasteiger partial charge on any atom is 0.328 e. The fourth-order valence-electron chi connectivity index (χ4n) is 3.09. The SMILES string of the molecule is COC(=O)C(CC(C)C)NC(=O)c1nnn(-c2cccc3ncccc23)c1C. The molecule has 0 saturated carbocycles. The van der Waals surface area contributed by atoms with Crippen molar-refractivity contribution in [1.29, 1.82) is 0 Å². The van der Waals surface area contributed by atoms with Crippen molar-refractivity contribution in [2.24, 2.45) is 5.92 Å². The number of ether oxygens (including phenoxy) is 1. The minimum Gasteiger partial charge on any atom is -0.467 e. The van der Waals surface area contributed by atoms with Gasteiger partial charge in [0.2, 0.25) is 0 Å². The first-order chi connectivity index (χ1) is 13.4. The van der Waals surface area contributed by atoms with Gasteiger partial charge < -0.3 is 10.1 Å². The van der Waals surface area contributed by atoms with Crippen LogP contribution in [0.2, 0.25) is 0 Å². The lowest BCUT2D eigenvalue weighted by Gasteiger charge is -2.17. The summed E-state index contributed by atoms with van der Waals surface area (Å²) in [5, 5.41) is 11.8. The van der Waals surface area contributed by atoms with Crippen molar-refractivity contribution in [2.75, 3.05) is 7.11 Å². The Labute approximate surface area is 162 Å². The highest BCUT2D eigenvalue weighted by atomic mass is 16.5. The highest BCUT2D eigenvalue weighted by molar-refractivity contribution is 5.96. The van der Waals surface area contributed by atoms with E-state index in [1.165, 1.54) is 7.11 Å². The first kappa shape index (κ1) is 19.5. The normalized spacial score (nSPS) is 12.2. The molecule has 146 valence electrons. The number of rotatable bonds is 6. The molecule has 0 radical (unpaired) electrons. The lowest BCUT2D eigenvalue weighted by Crippen LogP contribution is -2.42. The Morgan fingerprint density at radius 2 is 2.00 bits per heavy atom. The van der Waals surface area contributed by atoms with Crippen LogP contribution in [0.1, 0.15) is 36.5 Å².